The van der Waals surface area contributed by atoms with Gasteiger partial charge in [0.15, 0.2) is 76.4 Å². The van der Waals surface area contributed by atoms with Crippen LogP contribution >= 0.6 is 0 Å². The molecule has 2 nitrogen and oxygen atoms in total. The number of aromatic nitrogens is 1. The van der Waals surface area contributed by atoms with Crippen LogP contribution in [0, 0.1) is 116 Å². The molecule has 0 bridgehead atoms. The van der Waals surface area contributed by atoms with Crippen LogP contribution in [0.15, 0.2) is 30.6 Å². The third-order valence-electron chi connectivity index (χ3n) is 12.0. The van der Waals surface area contributed by atoms with Gasteiger partial charge in [0.2, 0.25) is 12.4 Å². The zero-order valence-electron chi connectivity index (χ0n) is 38.2. The molecule has 1 heterocycles. The molecular formula is C48H41BF23NO. The lowest BCUT2D eigenvalue weighted by molar-refractivity contribution is -0.891. The van der Waals surface area contributed by atoms with Crippen LogP contribution in [-0.2, 0) is 0 Å². The summed E-state index contributed by atoms with van der Waals surface area (Å²) in [6.45, 7) is 0.780. The van der Waals surface area contributed by atoms with E-state index in [0.717, 1.165) is 32.3 Å². The molecule has 0 spiro atoms. The minimum absolute atomic E-state index is 0.296. The van der Waals surface area contributed by atoms with Crippen molar-refractivity contribution in [1.29, 1.82) is 0 Å². The first kappa shape index (κ1) is 60.8. The molecule has 0 aliphatic rings. The molecule has 4 aromatic carbocycles. The highest BCUT2D eigenvalue weighted by atomic mass is 19.4. The highest BCUT2D eigenvalue weighted by Crippen LogP contribution is 2.31. The largest absolute Gasteiger partial charge is 0.389 e. The monoisotopic (exact) mass is 1100 g/mol. The van der Waals surface area contributed by atoms with E-state index in [0.29, 0.717) is 6.42 Å². The number of rotatable bonds is 23. The Kier molecular flexibility index (Phi) is 21.9. The van der Waals surface area contributed by atoms with Crippen molar-refractivity contribution in [2.45, 2.75) is 115 Å². The lowest BCUT2D eigenvalue weighted by atomic mass is 9.12. The smallest absolute Gasteiger partial charge is 0.271 e. The summed E-state index contributed by atoms with van der Waals surface area (Å²) >= 11 is 0. The fourth-order valence-corrected chi connectivity index (χ4v) is 8.42. The summed E-state index contributed by atoms with van der Waals surface area (Å²) in [7, 11) is 0. The van der Waals surface area contributed by atoms with Crippen molar-refractivity contribution >= 4 is 28.0 Å². The normalized spacial score (nSPS) is 11.9. The second-order valence-corrected chi connectivity index (χ2v) is 16.9. The van der Waals surface area contributed by atoms with Gasteiger partial charge in [-0.15, -0.1) is 21.9 Å². The number of hydrogen-bond acceptors (Lipinski definition) is 1. The first-order chi connectivity index (χ1) is 34.8. The second kappa shape index (κ2) is 26.7. The molecule has 74 heavy (non-hydrogen) atoms. The summed E-state index contributed by atoms with van der Waals surface area (Å²) in [4.78, 5) is 5.62. The standard InChI is InChI=1S/C24BF20.C24H41F3NO/c26-5-1(6(27)14(35)21(42)13(5)34)25(2-7(28)15(36)22(43)16(37)8(2)29,3-9(30)17(38)23(44)18(39)10(3)31)4-11(32)19(40)24(45)20(41)12(4)33;25-24(26,27)20-16-13-11-9-7-5-3-1-2-4-6-8-10-12-14-19-23-29-28-21-17-15-18-22-28/h;15,17-18,21-22H,1-14,16,19-20,23H2/q-1;+1. The fraction of sp³-hybridized carbons (Fsp3) is 0.396. The molecule has 5 aromatic rings. The number of nitrogens with zero attached hydrogens (tertiary/aromatic N) is 1. The van der Waals surface area contributed by atoms with E-state index in [1.165, 1.54) is 70.6 Å². The molecule has 0 aliphatic carbocycles. The van der Waals surface area contributed by atoms with Crippen LogP contribution in [0.2, 0.25) is 0 Å². The topological polar surface area (TPSA) is 13.1 Å². The van der Waals surface area contributed by atoms with Crippen molar-refractivity contribution in [3.05, 3.63) is 147 Å². The predicted octanol–water partition coefficient (Wildman–Crippen LogP) is 13.4. The van der Waals surface area contributed by atoms with Gasteiger partial charge in [-0.25, -0.2) is 87.8 Å². The van der Waals surface area contributed by atoms with Crippen LogP contribution < -0.4 is 31.4 Å². The predicted molar refractivity (Wildman–Crippen MR) is 222 cm³/mol. The van der Waals surface area contributed by atoms with Crippen molar-refractivity contribution in [3.63, 3.8) is 0 Å². The third-order valence-corrected chi connectivity index (χ3v) is 12.0. The fourth-order valence-electron chi connectivity index (χ4n) is 8.42. The van der Waals surface area contributed by atoms with E-state index < -0.39 is 157 Å². The zero-order valence-corrected chi connectivity index (χ0v) is 38.2. The molecule has 0 atom stereocenters. The van der Waals surface area contributed by atoms with E-state index in [-0.39, 0.29) is 0 Å². The van der Waals surface area contributed by atoms with E-state index in [4.69, 9.17) is 4.84 Å². The Bertz CT molecular complexity index is 2340. The molecule has 0 N–H and O–H groups in total. The molecule has 5 rings (SSSR count). The van der Waals surface area contributed by atoms with Crippen molar-refractivity contribution in [1.82, 2.24) is 0 Å². The SMILES string of the molecule is FC(F)(F)CCCCCCCCCCCCCCCCCCO[n+]1ccccc1.Fc1c(F)c(F)c([B-](c2c(F)c(F)c(F)c(F)c2F)(c2c(F)c(F)c(F)c(F)c2F)c2c(F)c(F)c(F)c(F)c2F)c(F)c1F. The van der Waals surface area contributed by atoms with E-state index in [1.807, 2.05) is 30.6 Å². The van der Waals surface area contributed by atoms with Crippen LogP contribution in [0.3, 0.4) is 0 Å². The Labute approximate surface area is 407 Å². The molecule has 26 heteroatoms. The molecule has 0 aliphatic heterocycles. The van der Waals surface area contributed by atoms with Gasteiger partial charge in [0.05, 0.1) is 0 Å². The quantitative estimate of drug-likeness (QED) is 0.0159. The molecule has 408 valence electrons. The number of pyridine rings is 1. The first-order valence-electron chi connectivity index (χ1n) is 22.7. The maximum absolute atomic E-state index is 15.4. The van der Waals surface area contributed by atoms with Crippen molar-refractivity contribution in [2.75, 3.05) is 6.61 Å². The van der Waals surface area contributed by atoms with Gasteiger partial charge < -0.3 is 0 Å². The van der Waals surface area contributed by atoms with Gasteiger partial charge in [-0.3, -0.25) is 4.84 Å². The van der Waals surface area contributed by atoms with Gasteiger partial charge in [0.25, 0.3) is 0 Å². The summed E-state index contributed by atoms with van der Waals surface area (Å²) in [5.74, 6) is -71.4. The number of benzene rings is 4. The molecule has 0 amide bonds. The Hall–Kier alpha value is -5.72. The maximum Gasteiger partial charge on any atom is 0.389 e. The van der Waals surface area contributed by atoms with Crippen molar-refractivity contribution in [3.8, 4) is 0 Å². The number of unbranched alkanes of at least 4 members (excludes halogenated alkanes) is 15. The van der Waals surface area contributed by atoms with Gasteiger partial charge in [0.1, 0.15) is 52.7 Å². The van der Waals surface area contributed by atoms with E-state index in [2.05, 4.69) is 0 Å². The van der Waals surface area contributed by atoms with Crippen LogP contribution in [0.5, 0.6) is 0 Å². The third kappa shape index (κ3) is 13.4. The maximum atomic E-state index is 15.4. The number of alkyl halides is 3. The summed E-state index contributed by atoms with van der Waals surface area (Å²) in [6.07, 6.45) is 10.4. The molecular weight excluding hydrogens is 1050 g/mol. The van der Waals surface area contributed by atoms with Crippen LogP contribution in [-0.4, -0.2) is 18.9 Å². The second-order valence-electron chi connectivity index (χ2n) is 16.9. The Morgan fingerprint density at radius 1 is 0.284 bits per heavy atom. The van der Waals surface area contributed by atoms with Gasteiger partial charge in [-0.05, 0) is 19.3 Å². The molecule has 0 saturated heterocycles. The van der Waals surface area contributed by atoms with Crippen LogP contribution in [0.25, 0.3) is 0 Å². The van der Waals surface area contributed by atoms with Crippen LogP contribution in [0.4, 0.5) is 101 Å². The van der Waals surface area contributed by atoms with E-state index in [9.17, 15) is 65.9 Å². The zero-order chi connectivity index (χ0) is 55.4. The van der Waals surface area contributed by atoms with Crippen molar-refractivity contribution < 1.29 is 111 Å². The summed E-state index contributed by atoms with van der Waals surface area (Å²) in [5.41, 5.74) is -14.3. The lowest BCUT2D eigenvalue weighted by Crippen LogP contribution is -2.81. The van der Waals surface area contributed by atoms with E-state index >= 15 is 35.1 Å². The van der Waals surface area contributed by atoms with Gasteiger partial charge in [0, 0.05) is 23.3 Å². The van der Waals surface area contributed by atoms with E-state index in [1.54, 1.807) is 4.73 Å². The molecule has 0 unspecified atom stereocenters. The van der Waals surface area contributed by atoms with Crippen molar-refractivity contribution in [2.24, 2.45) is 0 Å². The van der Waals surface area contributed by atoms with Gasteiger partial charge in [-0.2, -0.15) is 13.2 Å². The average molecular weight is 1100 g/mol. The highest BCUT2D eigenvalue weighted by Gasteiger charge is 2.52. The Morgan fingerprint density at radius 3 is 0.716 bits per heavy atom. The summed E-state index contributed by atoms with van der Waals surface area (Å²) in [5, 5.41) is 0. The van der Waals surface area contributed by atoms with Gasteiger partial charge in [-0.1, -0.05) is 89.5 Å². The van der Waals surface area contributed by atoms with Gasteiger partial charge >= 0.3 is 6.18 Å². The highest BCUT2D eigenvalue weighted by molar-refractivity contribution is 7.20. The Morgan fingerprint density at radius 2 is 0.486 bits per heavy atom. The number of hydrogen-bond donors (Lipinski definition) is 0. The number of halogens is 23. The van der Waals surface area contributed by atoms with Crippen LogP contribution in [0.1, 0.15) is 109 Å². The summed E-state index contributed by atoms with van der Waals surface area (Å²) in [6, 6.07) is 5.91. The Balaban J connectivity index is 0.000000354. The molecule has 1 aromatic heterocycles. The summed E-state index contributed by atoms with van der Waals surface area (Å²) < 4.78 is 332. The minimum Gasteiger partial charge on any atom is -0.271 e. The first-order valence-corrected chi connectivity index (χ1v) is 22.7. The average Bonchev–Trinajstić information content (AvgIpc) is 3.37. The minimum atomic E-state index is -7.22. The molecule has 0 fully saturated rings. The molecule has 0 radical (unpaired) electrons. The lowest BCUT2D eigenvalue weighted by Gasteiger charge is -2.44. The molecule has 0 saturated carbocycles.